The summed E-state index contributed by atoms with van der Waals surface area (Å²) in [4.78, 5) is 14.9. The summed E-state index contributed by atoms with van der Waals surface area (Å²) in [6, 6.07) is 2.01. The second-order valence-electron chi connectivity index (χ2n) is 4.80. The number of hydrogen-bond acceptors (Lipinski definition) is 7. The van der Waals surface area contributed by atoms with Crippen molar-refractivity contribution in [2.75, 3.05) is 30.7 Å². The highest BCUT2D eigenvalue weighted by molar-refractivity contribution is 5.35. The van der Waals surface area contributed by atoms with Crippen molar-refractivity contribution in [1.82, 2.24) is 29.6 Å². The summed E-state index contributed by atoms with van der Waals surface area (Å²) in [7, 11) is 0. The molecule has 0 saturated carbocycles. The van der Waals surface area contributed by atoms with Gasteiger partial charge in [-0.2, -0.15) is 20.1 Å². The molecule has 2 rings (SSSR count). The van der Waals surface area contributed by atoms with Crippen molar-refractivity contribution >= 4 is 11.9 Å². The number of nitrogens with two attached hydrogens (primary N) is 1. The van der Waals surface area contributed by atoms with E-state index in [1.165, 1.54) is 0 Å². The van der Waals surface area contributed by atoms with Gasteiger partial charge in [-0.25, -0.2) is 4.68 Å². The van der Waals surface area contributed by atoms with Gasteiger partial charge in [0, 0.05) is 25.0 Å². The van der Waals surface area contributed by atoms with Crippen LogP contribution in [0.5, 0.6) is 0 Å². The lowest BCUT2D eigenvalue weighted by Gasteiger charge is -2.23. The average Bonchev–Trinajstić information content (AvgIpc) is 2.98. The molecule has 0 aromatic carbocycles. The maximum absolute atomic E-state index is 5.74. The zero-order valence-corrected chi connectivity index (χ0v) is 12.7. The minimum atomic E-state index is 0.174. The number of nitrogens with one attached hydrogen (secondary N) is 1. The topological polar surface area (TPSA) is 97.8 Å². The van der Waals surface area contributed by atoms with Gasteiger partial charge in [-0.1, -0.05) is 13.8 Å². The molecule has 1 unspecified atom stereocenters. The van der Waals surface area contributed by atoms with Gasteiger partial charge in [-0.05, 0) is 26.1 Å². The molecular formula is C13H22N8. The first-order valence-corrected chi connectivity index (χ1v) is 7.12. The van der Waals surface area contributed by atoms with Gasteiger partial charge in [0.2, 0.25) is 11.9 Å². The van der Waals surface area contributed by atoms with E-state index < -0.39 is 0 Å². The lowest BCUT2D eigenvalue weighted by molar-refractivity contribution is 0.294. The first-order valence-electron chi connectivity index (χ1n) is 7.12. The molecule has 0 saturated heterocycles. The van der Waals surface area contributed by atoms with Crippen molar-refractivity contribution in [2.45, 2.75) is 26.8 Å². The zero-order valence-electron chi connectivity index (χ0n) is 12.7. The van der Waals surface area contributed by atoms with Crippen molar-refractivity contribution in [3.05, 3.63) is 18.5 Å². The maximum Gasteiger partial charge on any atom is 0.257 e. The van der Waals surface area contributed by atoms with Gasteiger partial charge in [-0.3, -0.25) is 0 Å². The minimum Gasteiger partial charge on any atom is -0.368 e. The highest BCUT2D eigenvalue weighted by Crippen LogP contribution is 2.08. The Morgan fingerprint density at radius 2 is 2.05 bits per heavy atom. The van der Waals surface area contributed by atoms with Crippen molar-refractivity contribution in [3.63, 3.8) is 0 Å². The smallest absolute Gasteiger partial charge is 0.257 e. The Morgan fingerprint density at radius 1 is 1.29 bits per heavy atom. The monoisotopic (exact) mass is 290 g/mol. The second-order valence-corrected chi connectivity index (χ2v) is 4.80. The van der Waals surface area contributed by atoms with E-state index in [1.807, 2.05) is 0 Å². The molecule has 114 valence electrons. The van der Waals surface area contributed by atoms with Crippen LogP contribution in [0.3, 0.4) is 0 Å². The van der Waals surface area contributed by atoms with E-state index in [2.05, 4.69) is 51.0 Å². The van der Waals surface area contributed by atoms with E-state index in [4.69, 9.17) is 5.73 Å². The fourth-order valence-electron chi connectivity index (χ4n) is 2.07. The number of anilines is 2. The van der Waals surface area contributed by atoms with Crippen LogP contribution in [0.15, 0.2) is 18.5 Å². The van der Waals surface area contributed by atoms with Gasteiger partial charge in [0.1, 0.15) is 0 Å². The zero-order chi connectivity index (χ0) is 15.2. The minimum absolute atomic E-state index is 0.174. The number of nitrogens with zero attached hydrogens (tertiary/aromatic N) is 6. The van der Waals surface area contributed by atoms with Crippen LogP contribution in [0.4, 0.5) is 11.9 Å². The van der Waals surface area contributed by atoms with Gasteiger partial charge in [0.05, 0.1) is 0 Å². The SMILES string of the molecule is CCN(CC)CC(C)Nc1nc(N)nc(-n2cccn2)n1. The summed E-state index contributed by atoms with van der Waals surface area (Å²) in [5, 5.41) is 7.35. The highest BCUT2D eigenvalue weighted by Gasteiger charge is 2.11. The Bertz CT molecular complexity index is 549. The van der Waals surface area contributed by atoms with Gasteiger partial charge in [-0.15, -0.1) is 0 Å². The Kier molecular flexibility index (Phi) is 5.04. The average molecular weight is 290 g/mol. The standard InChI is InChI=1S/C13H22N8/c1-4-20(5-2)9-10(3)16-12-17-11(14)18-13(19-12)21-8-6-7-15-21/h6-8,10H,4-5,9H2,1-3H3,(H3,14,16,17,18,19). The molecule has 0 aliphatic heterocycles. The predicted octanol–water partition coefficient (Wildman–Crippen LogP) is 0.782. The summed E-state index contributed by atoms with van der Waals surface area (Å²) >= 11 is 0. The molecule has 21 heavy (non-hydrogen) atoms. The van der Waals surface area contributed by atoms with Gasteiger partial charge in [0.25, 0.3) is 5.95 Å². The fraction of sp³-hybridized carbons (Fsp3) is 0.538. The Morgan fingerprint density at radius 3 is 2.67 bits per heavy atom. The third-order valence-electron chi connectivity index (χ3n) is 3.15. The number of aromatic nitrogens is 5. The van der Waals surface area contributed by atoms with Crippen molar-refractivity contribution in [1.29, 1.82) is 0 Å². The van der Waals surface area contributed by atoms with Gasteiger partial charge >= 0.3 is 0 Å². The van der Waals surface area contributed by atoms with Crippen LogP contribution in [0.2, 0.25) is 0 Å². The van der Waals surface area contributed by atoms with Crippen LogP contribution in [0, 0.1) is 0 Å². The maximum atomic E-state index is 5.74. The number of hydrogen-bond donors (Lipinski definition) is 2. The molecule has 0 amide bonds. The number of nitrogen functional groups attached to an aromatic ring is 1. The molecule has 0 aliphatic rings. The molecular weight excluding hydrogens is 268 g/mol. The molecule has 0 radical (unpaired) electrons. The first kappa shape index (κ1) is 15.2. The summed E-state index contributed by atoms with van der Waals surface area (Å²) in [5.41, 5.74) is 5.74. The Hall–Kier alpha value is -2.22. The molecule has 0 fully saturated rings. The lowest BCUT2D eigenvalue weighted by Crippen LogP contribution is -2.35. The number of rotatable bonds is 7. The Balaban J connectivity index is 2.10. The van der Waals surface area contributed by atoms with Crippen molar-refractivity contribution < 1.29 is 0 Å². The van der Waals surface area contributed by atoms with Crippen LogP contribution in [-0.4, -0.2) is 55.3 Å². The van der Waals surface area contributed by atoms with Gasteiger partial charge in [0.15, 0.2) is 0 Å². The normalized spacial score (nSPS) is 12.6. The molecule has 0 bridgehead atoms. The summed E-state index contributed by atoms with van der Waals surface area (Å²) < 4.78 is 1.55. The van der Waals surface area contributed by atoms with Crippen LogP contribution >= 0.6 is 0 Å². The van der Waals surface area contributed by atoms with Crippen LogP contribution in [0.25, 0.3) is 5.95 Å². The summed E-state index contributed by atoms with van der Waals surface area (Å²) in [5.74, 6) is 1.05. The van der Waals surface area contributed by atoms with E-state index in [1.54, 1.807) is 23.1 Å². The molecule has 1 atom stereocenters. The molecule has 2 aromatic heterocycles. The number of likely N-dealkylation sites (N-methyl/N-ethyl adjacent to an activating group) is 1. The predicted molar refractivity (Wildman–Crippen MR) is 82.2 cm³/mol. The van der Waals surface area contributed by atoms with Crippen molar-refractivity contribution in [2.24, 2.45) is 0 Å². The largest absolute Gasteiger partial charge is 0.368 e. The second kappa shape index (κ2) is 6.98. The van der Waals surface area contributed by atoms with Crippen molar-refractivity contribution in [3.8, 4) is 5.95 Å². The summed E-state index contributed by atoms with van der Waals surface area (Å²) in [6.07, 6.45) is 3.42. The first-order chi connectivity index (χ1) is 10.1. The fourth-order valence-corrected chi connectivity index (χ4v) is 2.07. The Labute approximate surface area is 124 Å². The van der Waals surface area contributed by atoms with E-state index in [0.717, 1.165) is 19.6 Å². The van der Waals surface area contributed by atoms with E-state index in [0.29, 0.717) is 11.9 Å². The molecule has 8 heteroatoms. The van der Waals surface area contributed by atoms with E-state index in [-0.39, 0.29) is 12.0 Å². The summed E-state index contributed by atoms with van der Waals surface area (Å²) in [6.45, 7) is 9.32. The van der Waals surface area contributed by atoms with Crippen LogP contribution < -0.4 is 11.1 Å². The third kappa shape index (κ3) is 4.12. The lowest BCUT2D eigenvalue weighted by atomic mass is 10.3. The van der Waals surface area contributed by atoms with Crippen LogP contribution in [-0.2, 0) is 0 Å². The molecule has 0 spiro atoms. The molecule has 2 aromatic rings. The van der Waals surface area contributed by atoms with E-state index in [9.17, 15) is 0 Å². The van der Waals surface area contributed by atoms with Gasteiger partial charge < -0.3 is 16.0 Å². The highest BCUT2D eigenvalue weighted by atomic mass is 15.4. The molecule has 8 nitrogen and oxygen atoms in total. The molecule has 0 aliphatic carbocycles. The quantitative estimate of drug-likeness (QED) is 0.777. The molecule has 2 heterocycles. The van der Waals surface area contributed by atoms with E-state index >= 15 is 0 Å². The third-order valence-corrected chi connectivity index (χ3v) is 3.15. The van der Waals surface area contributed by atoms with Crippen LogP contribution in [0.1, 0.15) is 20.8 Å². The molecule has 3 N–H and O–H groups in total.